The number of nitrogens with zero attached hydrogens (tertiary/aromatic N) is 2. The number of hydrogen-bond donors (Lipinski definition) is 2. The summed E-state index contributed by atoms with van der Waals surface area (Å²) in [5.41, 5.74) is 1.42. The monoisotopic (exact) mass is 439 g/mol. The first-order valence-corrected chi connectivity index (χ1v) is 10.4. The first-order chi connectivity index (χ1) is 14.6. The smallest absolute Gasteiger partial charge is 0.394 e. The predicted molar refractivity (Wildman–Crippen MR) is 110 cm³/mol. The second kappa shape index (κ2) is 7.79. The number of carbonyl (C=O) groups is 1. The van der Waals surface area contributed by atoms with E-state index in [1.807, 2.05) is 13.1 Å². The number of hydrogen-bond acceptors (Lipinski definition) is 4. The van der Waals surface area contributed by atoms with Crippen molar-refractivity contribution in [2.75, 3.05) is 27.3 Å². The van der Waals surface area contributed by atoms with Crippen molar-refractivity contribution in [3.05, 3.63) is 35.5 Å². The lowest BCUT2D eigenvalue weighted by molar-refractivity contribution is -0.148. The summed E-state index contributed by atoms with van der Waals surface area (Å²) >= 11 is 0. The highest BCUT2D eigenvalue weighted by molar-refractivity contribution is 5.90. The first-order valence-electron chi connectivity index (χ1n) is 10.4. The number of amides is 1. The minimum Gasteiger partial charge on any atom is -0.394 e. The molecule has 0 bridgehead atoms. The Morgan fingerprint density at radius 3 is 2.81 bits per heavy atom. The van der Waals surface area contributed by atoms with Crippen LogP contribution in [0.4, 0.5) is 13.2 Å². The van der Waals surface area contributed by atoms with E-state index in [2.05, 4.69) is 10.2 Å². The van der Waals surface area contributed by atoms with Gasteiger partial charge in [-0.2, -0.15) is 13.2 Å². The number of halogens is 3. The van der Waals surface area contributed by atoms with E-state index >= 15 is 0 Å². The SMILES string of the molecule is COC12CC(C(=O)NC(C)CO)CN(C)C1Cc1cn(CC(F)(F)F)c3cccc2c13. The van der Waals surface area contributed by atoms with Crippen molar-refractivity contribution >= 4 is 16.8 Å². The second-order valence-electron chi connectivity index (χ2n) is 8.84. The lowest BCUT2D eigenvalue weighted by atomic mass is 9.68. The van der Waals surface area contributed by atoms with Crippen molar-refractivity contribution < 1.29 is 27.8 Å². The van der Waals surface area contributed by atoms with Crippen molar-refractivity contribution in [1.29, 1.82) is 0 Å². The molecule has 1 aromatic heterocycles. The van der Waals surface area contributed by atoms with Gasteiger partial charge in [-0.15, -0.1) is 0 Å². The van der Waals surface area contributed by atoms with Crippen LogP contribution in [0.5, 0.6) is 0 Å². The molecule has 1 aliphatic heterocycles. The summed E-state index contributed by atoms with van der Waals surface area (Å²) < 4.78 is 46.9. The zero-order valence-electron chi connectivity index (χ0n) is 17.9. The number of piperidine rings is 1. The number of rotatable bonds is 5. The minimum absolute atomic E-state index is 0.100. The summed E-state index contributed by atoms with van der Waals surface area (Å²) in [4.78, 5) is 14.9. The van der Waals surface area contributed by atoms with Gasteiger partial charge in [-0.1, -0.05) is 12.1 Å². The van der Waals surface area contributed by atoms with Crippen LogP contribution < -0.4 is 5.32 Å². The summed E-state index contributed by atoms with van der Waals surface area (Å²) in [6.07, 6.45) is -1.74. The number of likely N-dealkylation sites (N-methyl/N-ethyl adjacent to an activating group) is 1. The van der Waals surface area contributed by atoms with Crippen molar-refractivity contribution in [2.45, 2.75) is 50.2 Å². The number of benzene rings is 1. The van der Waals surface area contributed by atoms with Crippen LogP contribution >= 0.6 is 0 Å². The molecule has 6 nitrogen and oxygen atoms in total. The maximum absolute atomic E-state index is 13.2. The Morgan fingerprint density at radius 1 is 1.42 bits per heavy atom. The topological polar surface area (TPSA) is 66.7 Å². The number of aliphatic hydroxyl groups is 1. The second-order valence-corrected chi connectivity index (χ2v) is 8.84. The lowest BCUT2D eigenvalue weighted by Gasteiger charge is -2.52. The Labute approximate surface area is 179 Å². The van der Waals surface area contributed by atoms with Crippen LogP contribution in [0.3, 0.4) is 0 Å². The number of fused-ring (bicyclic) bond motifs is 2. The van der Waals surface area contributed by atoms with Gasteiger partial charge in [0.2, 0.25) is 5.91 Å². The van der Waals surface area contributed by atoms with Gasteiger partial charge in [0, 0.05) is 42.8 Å². The van der Waals surface area contributed by atoms with Gasteiger partial charge < -0.3 is 19.7 Å². The van der Waals surface area contributed by atoms with Crippen molar-refractivity contribution in [2.24, 2.45) is 5.92 Å². The third-order valence-corrected chi connectivity index (χ3v) is 6.73. The molecule has 2 aliphatic rings. The highest BCUT2D eigenvalue weighted by Gasteiger charge is 2.53. The number of carbonyl (C=O) groups excluding carboxylic acids is 1. The molecule has 1 aliphatic carbocycles. The van der Waals surface area contributed by atoms with E-state index in [1.54, 1.807) is 32.4 Å². The molecular formula is C22H28F3N3O3. The quantitative estimate of drug-likeness (QED) is 0.751. The molecule has 4 rings (SSSR count). The fourth-order valence-electron chi connectivity index (χ4n) is 5.40. The molecule has 1 fully saturated rings. The summed E-state index contributed by atoms with van der Waals surface area (Å²) in [6, 6.07) is 4.92. The highest BCUT2D eigenvalue weighted by Crippen LogP contribution is 2.50. The number of ether oxygens (including phenoxy) is 1. The molecule has 0 radical (unpaired) electrons. The fourth-order valence-corrected chi connectivity index (χ4v) is 5.40. The van der Waals surface area contributed by atoms with Crippen molar-refractivity contribution in [3.63, 3.8) is 0 Å². The molecule has 1 amide bonds. The van der Waals surface area contributed by atoms with E-state index in [-0.39, 0.29) is 30.5 Å². The van der Waals surface area contributed by atoms with E-state index in [9.17, 15) is 23.1 Å². The Balaban J connectivity index is 1.79. The van der Waals surface area contributed by atoms with Crippen LogP contribution in [-0.4, -0.2) is 66.0 Å². The molecule has 1 aromatic carbocycles. The van der Waals surface area contributed by atoms with E-state index < -0.39 is 18.3 Å². The highest BCUT2D eigenvalue weighted by atomic mass is 19.4. The van der Waals surface area contributed by atoms with Crippen LogP contribution in [0.1, 0.15) is 24.5 Å². The van der Waals surface area contributed by atoms with Gasteiger partial charge in [0.1, 0.15) is 12.1 Å². The molecule has 4 unspecified atom stereocenters. The Bertz CT molecular complexity index is 990. The van der Waals surface area contributed by atoms with Crippen LogP contribution in [0.25, 0.3) is 10.9 Å². The van der Waals surface area contributed by atoms with E-state index in [0.29, 0.717) is 24.9 Å². The van der Waals surface area contributed by atoms with Gasteiger partial charge in [-0.3, -0.25) is 9.69 Å². The van der Waals surface area contributed by atoms with E-state index in [0.717, 1.165) is 16.5 Å². The van der Waals surface area contributed by atoms with Crippen LogP contribution in [-0.2, 0) is 28.1 Å². The Hall–Kier alpha value is -2.10. The van der Waals surface area contributed by atoms with Crippen LogP contribution in [0, 0.1) is 5.92 Å². The fraction of sp³-hybridized carbons (Fsp3) is 0.591. The minimum atomic E-state index is -4.32. The lowest BCUT2D eigenvalue weighted by Crippen LogP contribution is -2.61. The van der Waals surface area contributed by atoms with Crippen LogP contribution in [0.15, 0.2) is 24.4 Å². The van der Waals surface area contributed by atoms with Gasteiger partial charge in [0.15, 0.2) is 0 Å². The molecule has 9 heteroatoms. The molecular weight excluding hydrogens is 411 g/mol. The molecule has 0 saturated carbocycles. The normalized spacial score (nSPS) is 27.2. The summed E-state index contributed by atoms with van der Waals surface area (Å²) in [6.45, 7) is 1.05. The molecule has 170 valence electrons. The summed E-state index contributed by atoms with van der Waals surface area (Å²) in [5.74, 6) is -0.528. The van der Waals surface area contributed by atoms with Gasteiger partial charge in [-0.05, 0) is 44.0 Å². The third kappa shape index (κ3) is 3.72. The van der Waals surface area contributed by atoms with Gasteiger partial charge in [0.25, 0.3) is 0 Å². The van der Waals surface area contributed by atoms with Gasteiger partial charge >= 0.3 is 6.18 Å². The maximum atomic E-state index is 13.2. The summed E-state index contributed by atoms with van der Waals surface area (Å²) in [7, 11) is 3.53. The zero-order valence-corrected chi connectivity index (χ0v) is 17.9. The zero-order chi connectivity index (χ0) is 22.6. The molecule has 2 aromatic rings. The average molecular weight is 439 g/mol. The standard InChI is InChI=1S/C22H28F3N3O3/c1-13(11-29)26-20(30)15-8-21(31-3)16-5-4-6-17-19(16)14(7-18(21)27(2)9-15)10-28(17)12-22(23,24)25/h4-6,10,13,15,18,29H,7-9,11-12H2,1-3H3,(H,26,30). The van der Waals surface area contributed by atoms with E-state index in [4.69, 9.17) is 4.74 Å². The molecule has 4 atom stereocenters. The molecule has 0 spiro atoms. The first kappa shape index (κ1) is 22.1. The molecule has 2 N–H and O–H groups in total. The number of nitrogens with one attached hydrogen (secondary N) is 1. The number of alkyl halides is 3. The van der Waals surface area contributed by atoms with Crippen molar-refractivity contribution in [3.8, 4) is 0 Å². The van der Waals surface area contributed by atoms with Crippen molar-refractivity contribution in [1.82, 2.24) is 14.8 Å². The third-order valence-electron chi connectivity index (χ3n) is 6.73. The number of methoxy groups -OCH3 is 1. The maximum Gasteiger partial charge on any atom is 0.406 e. The van der Waals surface area contributed by atoms with Gasteiger partial charge in [-0.25, -0.2) is 0 Å². The number of aromatic nitrogens is 1. The Morgan fingerprint density at radius 2 is 2.16 bits per heavy atom. The average Bonchev–Trinajstić information content (AvgIpc) is 3.05. The van der Waals surface area contributed by atoms with Gasteiger partial charge in [0.05, 0.1) is 12.5 Å². The molecule has 2 heterocycles. The van der Waals surface area contributed by atoms with E-state index in [1.165, 1.54) is 4.57 Å². The molecule has 1 saturated heterocycles. The van der Waals surface area contributed by atoms with Crippen LogP contribution in [0.2, 0.25) is 0 Å². The predicted octanol–water partition coefficient (Wildman–Crippen LogP) is 2.42. The molecule has 31 heavy (non-hydrogen) atoms. The number of aliphatic hydroxyl groups excluding tert-OH is 1. The largest absolute Gasteiger partial charge is 0.406 e. The summed E-state index contributed by atoms with van der Waals surface area (Å²) in [5, 5.41) is 12.9. The number of likely N-dealkylation sites (tertiary alicyclic amines) is 1. The Kier molecular flexibility index (Phi) is 5.56.